The highest BCUT2D eigenvalue weighted by molar-refractivity contribution is 6.33. The third-order valence-corrected chi connectivity index (χ3v) is 6.00. The van der Waals surface area contributed by atoms with E-state index in [4.69, 9.17) is 17.3 Å². The molecule has 0 fully saturated rings. The molecule has 7 nitrogen and oxygen atoms in total. The third kappa shape index (κ3) is 3.33. The molecular formula is C23H20ClN5O2. The van der Waals surface area contributed by atoms with E-state index in [9.17, 15) is 9.59 Å². The molecule has 0 atom stereocenters. The summed E-state index contributed by atoms with van der Waals surface area (Å²) in [6.07, 6.45) is 2.41. The van der Waals surface area contributed by atoms with E-state index in [2.05, 4.69) is 10.3 Å². The summed E-state index contributed by atoms with van der Waals surface area (Å²) in [5.74, 6) is -0.601. The molecule has 31 heavy (non-hydrogen) atoms. The van der Waals surface area contributed by atoms with Crippen LogP contribution in [0, 0.1) is 0 Å². The SMILES string of the molecule is NC(=O)c1c2c(n(-c3ccccc3)c1Cl)CCN(C(=O)Nc1ccc3[nH]ccc3c1)C2. The number of anilines is 1. The van der Waals surface area contributed by atoms with Gasteiger partial charge in [-0.3, -0.25) is 4.79 Å². The Bertz CT molecular complexity index is 1310. The molecule has 156 valence electrons. The van der Waals surface area contributed by atoms with Gasteiger partial charge in [-0.15, -0.1) is 0 Å². The Morgan fingerprint density at radius 1 is 1.10 bits per heavy atom. The Hall–Kier alpha value is -3.71. The van der Waals surface area contributed by atoms with Crippen LogP contribution in [-0.4, -0.2) is 32.9 Å². The van der Waals surface area contributed by atoms with Crippen LogP contribution in [0.25, 0.3) is 16.6 Å². The van der Waals surface area contributed by atoms with E-state index in [-0.39, 0.29) is 23.3 Å². The fourth-order valence-electron chi connectivity index (χ4n) is 4.18. The number of hydrogen-bond acceptors (Lipinski definition) is 2. The van der Waals surface area contributed by atoms with Gasteiger partial charge in [0.25, 0.3) is 5.91 Å². The second-order valence-corrected chi connectivity index (χ2v) is 7.87. The highest BCUT2D eigenvalue weighted by Crippen LogP contribution is 2.34. The summed E-state index contributed by atoms with van der Waals surface area (Å²) in [4.78, 5) is 30.0. The molecule has 1 aliphatic heterocycles. The highest BCUT2D eigenvalue weighted by atomic mass is 35.5. The number of nitrogens with zero attached hydrogens (tertiary/aromatic N) is 2. The lowest BCUT2D eigenvalue weighted by atomic mass is 10.0. The minimum Gasteiger partial charge on any atom is -0.365 e. The zero-order valence-electron chi connectivity index (χ0n) is 16.6. The van der Waals surface area contributed by atoms with Crippen molar-refractivity contribution in [2.75, 3.05) is 11.9 Å². The van der Waals surface area contributed by atoms with Gasteiger partial charge in [0, 0.05) is 52.7 Å². The molecule has 3 heterocycles. The monoisotopic (exact) mass is 433 g/mol. The van der Waals surface area contributed by atoms with Crippen molar-refractivity contribution in [3.05, 3.63) is 82.8 Å². The van der Waals surface area contributed by atoms with Crippen molar-refractivity contribution in [1.29, 1.82) is 0 Å². The van der Waals surface area contributed by atoms with Gasteiger partial charge in [-0.2, -0.15) is 0 Å². The largest absolute Gasteiger partial charge is 0.365 e. The highest BCUT2D eigenvalue weighted by Gasteiger charge is 2.31. The summed E-state index contributed by atoms with van der Waals surface area (Å²) >= 11 is 6.59. The minimum atomic E-state index is -0.601. The third-order valence-electron chi connectivity index (χ3n) is 5.64. The lowest BCUT2D eigenvalue weighted by Crippen LogP contribution is -2.39. The Morgan fingerprint density at radius 3 is 2.68 bits per heavy atom. The van der Waals surface area contributed by atoms with E-state index in [1.807, 2.05) is 65.4 Å². The fraction of sp³-hybridized carbons (Fsp3) is 0.130. The van der Waals surface area contributed by atoms with Crippen LogP contribution in [0.15, 0.2) is 60.8 Å². The van der Waals surface area contributed by atoms with Crippen molar-refractivity contribution < 1.29 is 9.59 Å². The molecule has 2 aromatic carbocycles. The number of urea groups is 1. The molecule has 4 N–H and O–H groups in total. The van der Waals surface area contributed by atoms with Gasteiger partial charge >= 0.3 is 6.03 Å². The van der Waals surface area contributed by atoms with Crippen LogP contribution in [-0.2, 0) is 13.0 Å². The molecule has 0 aliphatic carbocycles. The Balaban J connectivity index is 1.45. The number of H-pyrrole nitrogens is 1. The summed E-state index contributed by atoms with van der Waals surface area (Å²) in [5.41, 5.74) is 10.1. The number of para-hydroxylation sites is 1. The molecule has 0 unspecified atom stereocenters. The van der Waals surface area contributed by atoms with Gasteiger partial charge in [0.2, 0.25) is 0 Å². The lowest BCUT2D eigenvalue weighted by molar-refractivity contribution is 0.0998. The number of fused-ring (bicyclic) bond motifs is 2. The first-order valence-electron chi connectivity index (χ1n) is 9.93. The predicted molar refractivity (Wildman–Crippen MR) is 121 cm³/mol. The van der Waals surface area contributed by atoms with Crippen LogP contribution in [0.4, 0.5) is 10.5 Å². The molecule has 4 aromatic rings. The molecular weight excluding hydrogens is 414 g/mol. The van der Waals surface area contributed by atoms with E-state index < -0.39 is 5.91 Å². The first-order chi connectivity index (χ1) is 15.0. The standard InChI is InChI=1S/C23H20ClN5O2/c24-21-20(22(25)30)17-13-28(11-9-19(17)29(21)16-4-2-1-3-5-16)23(31)27-15-6-7-18-14(12-15)8-10-26-18/h1-8,10,12,26H,9,11,13H2,(H2,25,30)(H,27,31). The number of hydrogen-bond donors (Lipinski definition) is 3. The maximum atomic E-state index is 12.9. The van der Waals surface area contributed by atoms with E-state index in [1.165, 1.54) is 0 Å². The predicted octanol–water partition coefficient (Wildman–Crippen LogP) is 4.30. The first-order valence-corrected chi connectivity index (χ1v) is 10.3. The van der Waals surface area contributed by atoms with Gasteiger partial charge in [0.05, 0.1) is 12.1 Å². The number of aromatic nitrogens is 2. The second kappa shape index (κ2) is 7.52. The maximum absolute atomic E-state index is 12.9. The van der Waals surface area contributed by atoms with Crippen molar-refractivity contribution in [2.45, 2.75) is 13.0 Å². The van der Waals surface area contributed by atoms with Crippen molar-refractivity contribution >= 4 is 40.1 Å². The van der Waals surface area contributed by atoms with Crippen molar-refractivity contribution in [1.82, 2.24) is 14.5 Å². The maximum Gasteiger partial charge on any atom is 0.322 e. The van der Waals surface area contributed by atoms with E-state index >= 15 is 0 Å². The number of benzene rings is 2. The van der Waals surface area contributed by atoms with Crippen LogP contribution < -0.4 is 11.1 Å². The van der Waals surface area contributed by atoms with Crippen LogP contribution in [0.2, 0.25) is 5.15 Å². The average molecular weight is 434 g/mol. The van der Waals surface area contributed by atoms with Crippen molar-refractivity contribution in [3.8, 4) is 5.69 Å². The zero-order valence-corrected chi connectivity index (χ0v) is 17.3. The van der Waals surface area contributed by atoms with Crippen LogP contribution >= 0.6 is 11.6 Å². The van der Waals surface area contributed by atoms with Crippen molar-refractivity contribution in [3.63, 3.8) is 0 Å². The normalized spacial score (nSPS) is 13.3. The van der Waals surface area contributed by atoms with E-state index in [1.54, 1.807) is 4.90 Å². The minimum absolute atomic E-state index is 0.237. The van der Waals surface area contributed by atoms with Gasteiger partial charge in [0.1, 0.15) is 5.15 Å². The molecule has 2 aromatic heterocycles. The van der Waals surface area contributed by atoms with E-state index in [0.29, 0.717) is 24.2 Å². The summed E-state index contributed by atoms with van der Waals surface area (Å²) in [6.45, 7) is 0.752. The number of nitrogens with one attached hydrogen (secondary N) is 2. The van der Waals surface area contributed by atoms with E-state index in [0.717, 1.165) is 22.3 Å². The average Bonchev–Trinajstić information content (AvgIpc) is 3.34. The number of primary amides is 1. The Labute approximate surface area is 183 Å². The molecule has 0 spiro atoms. The lowest BCUT2D eigenvalue weighted by Gasteiger charge is -2.28. The molecule has 0 saturated carbocycles. The van der Waals surface area contributed by atoms with Gasteiger partial charge in [-0.1, -0.05) is 29.8 Å². The topological polar surface area (TPSA) is 96.2 Å². The first kappa shape index (κ1) is 19.3. The Morgan fingerprint density at radius 2 is 1.90 bits per heavy atom. The van der Waals surface area contributed by atoms with Gasteiger partial charge in [0.15, 0.2) is 0 Å². The second-order valence-electron chi connectivity index (χ2n) is 7.51. The number of rotatable bonds is 3. The number of carbonyl (C=O) groups excluding carboxylic acids is 2. The summed E-state index contributed by atoms with van der Waals surface area (Å²) in [6, 6.07) is 17.0. The summed E-state index contributed by atoms with van der Waals surface area (Å²) in [7, 11) is 0. The van der Waals surface area contributed by atoms with Crippen LogP contribution in [0.3, 0.4) is 0 Å². The fourth-order valence-corrected chi connectivity index (χ4v) is 4.59. The smallest absolute Gasteiger partial charge is 0.322 e. The van der Waals surface area contributed by atoms with Crippen LogP contribution in [0.5, 0.6) is 0 Å². The Kier molecular flexibility index (Phi) is 4.67. The molecule has 3 amide bonds. The number of carbonyl (C=O) groups is 2. The molecule has 0 saturated heterocycles. The number of nitrogens with two attached hydrogens (primary N) is 1. The number of amides is 3. The summed E-state index contributed by atoms with van der Waals surface area (Å²) < 4.78 is 1.85. The van der Waals surface area contributed by atoms with Gasteiger partial charge in [-0.25, -0.2) is 4.79 Å². The number of aromatic amines is 1. The molecule has 5 rings (SSSR count). The van der Waals surface area contributed by atoms with Gasteiger partial charge in [-0.05, 0) is 36.4 Å². The van der Waals surface area contributed by atoms with Crippen LogP contribution in [0.1, 0.15) is 21.6 Å². The quantitative estimate of drug-likeness (QED) is 0.449. The zero-order chi connectivity index (χ0) is 21.5. The molecule has 0 radical (unpaired) electrons. The number of halogens is 1. The molecule has 8 heteroatoms. The molecule has 0 bridgehead atoms. The van der Waals surface area contributed by atoms with Gasteiger partial charge < -0.3 is 25.5 Å². The van der Waals surface area contributed by atoms with Crippen molar-refractivity contribution in [2.24, 2.45) is 5.73 Å². The molecule has 1 aliphatic rings. The summed E-state index contributed by atoms with van der Waals surface area (Å²) in [5, 5.41) is 4.24.